The van der Waals surface area contributed by atoms with Gasteiger partial charge in [-0.3, -0.25) is 9.69 Å². The topological polar surface area (TPSA) is 72.7 Å². The number of piperidine rings is 1. The van der Waals surface area contributed by atoms with Crippen LogP contribution in [0.5, 0.6) is 5.75 Å². The van der Waals surface area contributed by atoms with Crippen molar-refractivity contribution in [3.8, 4) is 11.8 Å². The molecule has 1 amide bonds. The van der Waals surface area contributed by atoms with Crippen molar-refractivity contribution in [2.24, 2.45) is 0 Å². The molecule has 3 fully saturated rings. The molecule has 13 heteroatoms. The van der Waals surface area contributed by atoms with E-state index in [1.54, 1.807) is 29.0 Å². The van der Waals surface area contributed by atoms with Gasteiger partial charge in [-0.2, -0.15) is 18.4 Å². The Hall–Kier alpha value is -3.37. The van der Waals surface area contributed by atoms with Crippen LogP contribution in [0.2, 0.25) is 0 Å². The van der Waals surface area contributed by atoms with Crippen molar-refractivity contribution in [1.82, 2.24) is 9.88 Å². The van der Waals surface area contributed by atoms with E-state index in [-0.39, 0.29) is 23.0 Å². The number of ether oxygens (including phenoxy) is 1. The van der Waals surface area contributed by atoms with E-state index in [2.05, 4.69) is 4.98 Å². The zero-order valence-electron chi connectivity index (χ0n) is 20.1. The van der Waals surface area contributed by atoms with Crippen LogP contribution in [-0.4, -0.2) is 58.6 Å². The normalized spacial score (nSPS) is 22.9. The molecule has 1 aromatic carbocycles. The quantitative estimate of drug-likeness (QED) is 0.401. The fourth-order valence-corrected chi connectivity index (χ4v) is 5.63. The smallest absolute Gasteiger partial charge is 0.419 e. The number of rotatable bonds is 4. The van der Waals surface area contributed by atoms with Crippen molar-refractivity contribution in [2.45, 2.75) is 49.4 Å². The van der Waals surface area contributed by atoms with Crippen LogP contribution in [0.15, 0.2) is 36.5 Å². The summed E-state index contributed by atoms with van der Waals surface area (Å²) >= 11 is 5.58. The first kappa shape index (κ1) is 26.2. The third-order valence-electron chi connectivity index (χ3n) is 7.23. The van der Waals surface area contributed by atoms with Crippen LogP contribution in [0.4, 0.5) is 33.3 Å². The third-order valence-corrected chi connectivity index (χ3v) is 7.60. The molecule has 1 aliphatic carbocycles. The van der Waals surface area contributed by atoms with Gasteiger partial charge in [0.15, 0.2) is 16.9 Å². The summed E-state index contributed by atoms with van der Waals surface area (Å²) in [7, 11) is 1.62. The second-order valence-electron chi connectivity index (χ2n) is 9.73. The maximum Gasteiger partial charge on any atom is 0.419 e. The zero-order valence-corrected chi connectivity index (χ0v) is 21.0. The molecule has 2 saturated heterocycles. The summed E-state index contributed by atoms with van der Waals surface area (Å²) < 4.78 is 75.0. The number of pyridine rings is 1. The molecule has 38 heavy (non-hydrogen) atoms. The molecule has 7 nitrogen and oxygen atoms in total. The number of aromatic nitrogens is 1. The fraction of sp³-hybridized carbons (Fsp3) is 0.440. The highest BCUT2D eigenvalue weighted by Crippen LogP contribution is 2.48. The van der Waals surface area contributed by atoms with Gasteiger partial charge < -0.3 is 14.5 Å². The van der Waals surface area contributed by atoms with E-state index in [0.29, 0.717) is 37.6 Å². The predicted octanol–water partition coefficient (Wildman–Crippen LogP) is 4.75. The van der Waals surface area contributed by atoms with Gasteiger partial charge in [0.05, 0.1) is 24.0 Å². The van der Waals surface area contributed by atoms with E-state index in [9.17, 15) is 26.7 Å². The molecule has 5 rings (SSSR count). The maximum atomic E-state index is 14.4. The number of hydrogen-bond donors (Lipinski definition) is 0. The minimum absolute atomic E-state index is 0.0372. The molecule has 1 aromatic heterocycles. The first-order valence-electron chi connectivity index (χ1n) is 11.9. The molecule has 3 heterocycles. The van der Waals surface area contributed by atoms with E-state index in [4.69, 9.17) is 22.2 Å². The number of hydrogen-bond acceptors (Lipinski definition) is 6. The molecule has 0 unspecified atom stereocenters. The summed E-state index contributed by atoms with van der Waals surface area (Å²) in [6.45, 7) is 0.0691. The average Bonchev–Trinajstić information content (AvgIpc) is 3.06. The first-order chi connectivity index (χ1) is 17.9. The molecule has 0 N–H and O–H groups in total. The molecular weight excluding hydrogens is 529 g/mol. The number of carbonyl (C=O) groups is 1. The molecule has 0 bridgehead atoms. The SMILES string of the molecule is CN1CC[C@@H](Oc2ccc(N3C(=S)N(c4cnc(C#N)c(C(F)(F)F)c4)C(=O)C34CCC4)cc2)C(F)(F)C1. The van der Waals surface area contributed by atoms with Crippen LogP contribution in [-0.2, 0) is 11.0 Å². The molecule has 1 spiro atoms. The van der Waals surface area contributed by atoms with Crippen LogP contribution >= 0.6 is 12.2 Å². The highest BCUT2D eigenvalue weighted by molar-refractivity contribution is 7.81. The first-order valence-corrected chi connectivity index (χ1v) is 12.3. The van der Waals surface area contributed by atoms with Crippen molar-refractivity contribution in [3.05, 3.63) is 47.8 Å². The number of benzene rings is 1. The van der Waals surface area contributed by atoms with Crippen LogP contribution in [0.3, 0.4) is 0 Å². The Bertz CT molecular complexity index is 1320. The van der Waals surface area contributed by atoms with Gasteiger partial charge >= 0.3 is 6.18 Å². The van der Waals surface area contributed by atoms with Gasteiger partial charge in [-0.05, 0) is 68.9 Å². The Morgan fingerprint density at radius 1 is 1.18 bits per heavy atom. The highest BCUT2D eigenvalue weighted by atomic mass is 32.1. The summed E-state index contributed by atoms with van der Waals surface area (Å²) in [5.41, 5.74) is -2.86. The number of amides is 1. The second kappa shape index (κ2) is 9.13. The van der Waals surface area contributed by atoms with Gasteiger partial charge in [-0.15, -0.1) is 0 Å². The van der Waals surface area contributed by atoms with Crippen LogP contribution in [0.25, 0.3) is 0 Å². The predicted molar refractivity (Wildman–Crippen MR) is 131 cm³/mol. The molecule has 1 saturated carbocycles. The van der Waals surface area contributed by atoms with Gasteiger partial charge in [-0.1, -0.05) is 0 Å². The Morgan fingerprint density at radius 2 is 1.87 bits per heavy atom. The monoisotopic (exact) mass is 551 g/mol. The molecule has 1 atom stereocenters. The summed E-state index contributed by atoms with van der Waals surface area (Å²) in [6, 6.07) is 8.31. The molecule has 3 aliphatic rings. The number of anilines is 2. The molecule has 200 valence electrons. The van der Waals surface area contributed by atoms with E-state index in [0.717, 1.165) is 11.1 Å². The van der Waals surface area contributed by atoms with Gasteiger partial charge in [0, 0.05) is 18.7 Å². The number of likely N-dealkylation sites (tertiary alicyclic amines) is 1. The van der Waals surface area contributed by atoms with Crippen molar-refractivity contribution < 1.29 is 31.5 Å². The third kappa shape index (κ3) is 4.25. The Morgan fingerprint density at radius 3 is 2.42 bits per heavy atom. The number of carbonyl (C=O) groups excluding carboxylic acids is 1. The Labute approximate surface area is 220 Å². The molecule has 2 aliphatic heterocycles. The van der Waals surface area contributed by atoms with Crippen LogP contribution < -0.4 is 14.5 Å². The molecule has 2 aromatic rings. The lowest BCUT2D eigenvalue weighted by molar-refractivity contribution is -0.138. The van der Waals surface area contributed by atoms with E-state index >= 15 is 0 Å². The largest absolute Gasteiger partial charge is 0.484 e. The minimum atomic E-state index is -4.85. The lowest BCUT2D eigenvalue weighted by Gasteiger charge is -2.43. The van der Waals surface area contributed by atoms with Gasteiger partial charge in [0.2, 0.25) is 0 Å². The van der Waals surface area contributed by atoms with Crippen molar-refractivity contribution in [1.29, 1.82) is 5.26 Å². The lowest BCUT2D eigenvalue weighted by Crippen LogP contribution is -2.55. The number of nitrogens with zero attached hydrogens (tertiary/aromatic N) is 5. The summed E-state index contributed by atoms with van der Waals surface area (Å²) in [5, 5.41) is 9.01. The van der Waals surface area contributed by atoms with Crippen molar-refractivity contribution in [2.75, 3.05) is 29.9 Å². The molecule has 0 radical (unpaired) electrons. The summed E-state index contributed by atoms with van der Waals surface area (Å²) in [6.07, 6.45) is -3.38. The highest BCUT2D eigenvalue weighted by Gasteiger charge is 2.59. The van der Waals surface area contributed by atoms with E-state index < -0.39 is 47.5 Å². The minimum Gasteiger partial charge on any atom is -0.484 e. The number of nitriles is 1. The fourth-order valence-electron chi connectivity index (χ4n) is 5.16. The maximum absolute atomic E-state index is 14.4. The van der Waals surface area contributed by atoms with Gasteiger partial charge in [0.1, 0.15) is 17.4 Å². The lowest BCUT2D eigenvalue weighted by atomic mass is 9.75. The van der Waals surface area contributed by atoms with Gasteiger partial charge in [-0.25, -0.2) is 13.8 Å². The molecular formula is C25H22F5N5O2S. The van der Waals surface area contributed by atoms with Crippen LogP contribution in [0.1, 0.15) is 36.9 Å². The van der Waals surface area contributed by atoms with Crippen molar-refractivity contribution >= 4 is 34.6 Å². The summed E-state index contributed by atoms with van der Waals surface area (Å²) in [5.74, 6) is -3.28. The average molecular weight is 552 g/mol. The zero-order chi connectivity index (χ0) is 27.5. The van der Waals surface area contributed by atoms with Gasteiger partial charge in [0.25, 0.3) is 11.8 Å². The number of halogens is 5. The second-order valence-corrected chi connectivity index (χ2v) is 10.1. The van der Waals surface area contributed by atoms with E-state index in [1.165, 1.54) is 18.2 Å². The van der Waals surface area contributed by atoms with Crippen molar-refractivity contribution in [3.63, 3.8) is 0 Å². The Balaban J connectivity index is 1.44. The summed E-state index contributed by atoms with van der Waals surface area (Å²) in [4.78, 5) is 21.3. The number of alkyl halides is 5. The standard InChI is InChI=1S/C25H22F5N5O2S/c1-33-10-7-20(24(26,27)14-33)37-17-5-3-15(4-6-17)35-22(38)34(21(36)23(35)8-2-9-23)16-11-18(25(28,29)30)19(12-31)32-13-16/h3-6,11,13,20H,2,7-10,14H2,1H3/t20-/m1/s1. The Kier molecular flexibility index (Phi) is 6.30. The van der Waals surface area contributed by atoms with E-state index in [1.807, 2.05) is 0 Å². The number of thiocarbonyl (C=S) groups is 1. The van der Waals surface area contributed by atoms with Crippen LogP contribution in [0, 0.1) is 11.3 Å².